The van der Waals surface area contributed by atoms with Crippen molar-refractivity contribution in [3.8, 4) is 0 Å². The van der Waals surface area contributed by atoms with Crippen LogP contribution in [0.15, 0.2) is 0 Å². The molecule has 138 valence electrons. The van der Waals surface area contributed by atoms with Gasteiger partial charge in [0.15, 0.2) is 0 Å². The van der Waals surface area contributed by atoms with E-state index in [9.17, 15) is 8.78 Å². The standard InChI is InChI=1S/C16H32F2N2O3/c1-15(2)23-14-16(17,18)13-22-12-4-3-5-19-6-8-20(9-7-19)10-11-21/h15,21H,3-14H2,1-2H3. The molecule has 0 bridgehead atoms. The topological polar surface area (TPSA) is 45.2 Å². The zero-order chi connectivity index (χ0) is 17.1. The number of aliphatic hydroxyl groups excluding tert-OH is 1. The number of piperazine rings is 1. The van der Waals surface area contributed by atoms with Gasteiger partial charge in [-0.1, -0.05) is 0 Å². The Morgan fingerprint density at radius 2 is 1.61 bits per heavy atom. The molecule has 1 aliphatic rings. The summed E-state index contributed by atoms with van der Waals surface area (Å²) in [4.78, 5) is 4.62. The first-order chi connectivity index (χ1) is 10.9. The number of β-amino-alcohol motifs (C(OH)–C–C–N with tert-alkyl or cyclic N) is 1. The third-order valence-electron chi connectivity index (χ3n) is 3.84. The molecular formula is C16H32F2N2O3. The highest BCUT2D eigenvalue weighted by Gasteiger charge is 2.30. The summed E-state index contributed by atoms with van der Waals surface area (Å²) >= 11 is 0. The van der Waals surface area contributed by atoms with Crippen LogP contribution >= 0.6 is 0 Å². The molecule has 0 aromatic rings. The van der Waals surface area contributed by atoms with Gasteiger partial charge in [-0.05, 0) is 33.2 Å². The van der Waals surface area contributed by atoms with Crippen molar-refractivity contribution in [1.29, 1.82) is 0 Å². The Kier molecular flexibility index (Phi) is 10.1. The third kappa shape index (κ3) is 10.2. The van der Waals surface area contributed by atoms with Crippen LogP contribution in [0.5, 0.6) is 0 Å². The van der Waals surface area contributed by atoms with Crippen LogP contribution in [0.4, 0.5) is 8.78 Å². The van der Waals surface area contributed by atoms with E-state index in [0.29, 0.717) is 6.61 Å². The zero-order valence-electron chi connectivity index (χ0n) is 14.5. The number of rotatable bonds is 12. The van der Waals surface area contributed by atoms with Crippen LogP contribution in [0.1, 0.15) is 26.7 Å². The Morgan fingerprint density at radius 1 is 1.00 bits per heavy atom. The summed E-state index contributed by atoms with van der Waals surface area (Å²) < 4.78 is 36.8. The van der Waals surface area contributed by atoms with Gasteiger partial charge in [0.05, 0.1) is 12.7 Å². The minimum atomic E-state index is -2.91. The Balaban J connectivity index is 1.97. The maximum atomic E-state index is 13.4. The summed E-state index contributed by atoms with van der Waals surface area (Å²) in [6.45, 7) is 8.60. The molecule has 0 radical (unpaired) electrons. The van der Waals surface area contributed by atoms with Gasteiger partial charge in [-0.2, -0.15) is 0 Å². The molecule has 23 heavy (non-hydrogen) atoms. The average Bonchev–Trinajstić information content (AvgIpc) is 2.51. The quantitative estimate of drug-likeness (QED) is 0.546. The molecule has 7 heteroatoms. The first kappa shape index (κ1) is 20.7. The molecule has 0 aromatic carbocycles. The van der Waals surface area contributed by atoms with E-state index in [2.05, 4.69) is 9.80 Å². The van der Waals surface area contributed by atoms with Crippen molar-refractivity contribution < 1.29 is 23.4 Å². The Hall–Kier alpha value is -0.340. The fraction of sp³-hybridized carbons (Fsp3) is 1.00. The molecule has 0 saturated carbocycles. The van der Waals surface area contributed by atoms with Crippen LogP contribution in [-0.2, 0) is 9.47 Å². The summed E-state index contributed by atoms with van der Waals surface area (Å²) in [6, 6.07) is 0. The predicted molar refractivity (Wildman–Crippen MR) is 86.1 cm³/mol. The van der Waals surface area contributed by atoms with Gasteiger partial charge in [0.2, 0.25) is 0 Å². The van der Waals surface area contributed by atoms with E-state index in [4.69, 9.17) is 14.6 Å². The zero-order valence-corrected chi connectivity index (χ0v) is 14.5. The lowest BCUT2D eigenvalue weighted by molar-refractivity contribution is -0.133. The summed E-state index contributed by atoms with van der Waals surface area (Å²) in [5, 5.41) is 8.90. The highest BCUT2D eigenvalue weighted by atomic mass is 19.3. The SMILES string of the molecule is CC(C)OCC(F)(F)COCCCCN1CCN(CCO)CC1. The molecule has 0 amide bonds. The molecule has 0 aromatic heterocycles. The van der Waals surface area contributed by atoms with E-state index >= 15 is 0 Å². The van der Waals surface area contributed by atoms with E-state index in [0.717, 1.165) is 52.1 Å². The normalized spacial score (nSPS) is 18.0. The maximum Gasteiger partial charge on any atom is 0.293 e. The number of alkyl halides is 2. The summed E-state index contributed by atoms with van der Waals surface area (Å²) in [5.41, 5.74) is 0. The molecule has 1 rings (SSSR count). The number of hydrogen-bond donors (Lipinski definition) is 1. The maximum absolute atomic E-state index is 13.4. The first-order valence-corrected chi connectivity index (χ1v) is 8.56. The van der Waals surface area contributed by atoms with Crippen LogP contribution < -0.4 is 0 Å². The van der Waals surface area contributed by atoms with E-state index in [1.807, 2.05) is 0 Å². The number of unbranched alkanes of at least 4 members (excludes halogenated alkanes) is 1. The van der Waals surface area contributed by atoms with E-state index in [1.54, 1.807) is 13.8 Å². The van der Waals surface area contributed by atoms with Crippen LogP contribution in [0.25, 0.3) is 0 Å². The van der Waals surface area contributed by atoms with Gasteiger partial charge in [-0.3, -0.25) is 4.90 Å². The highest BCUT2D eigenvalue weighted by molar-refractivity contribution is 4.71. The average molecular weight is 338 g/mol. The summed E-state index contributed by atoms with van der Waals surface area (Å²) in [7, 11) is 0. The smallest absolute Gasteiger partial charge is 0.293 e. The lowest BCUT2D eigenvalue weighted by Crippen LogP contribution is -2.47. The lowest BCUT2D eigenvalue weighted by atomic mass is 10.2. The van der Waals surface area contributed by atoms with E-state index in [1.165, 1.54) is 0 Å². The summed E-state index contributed by atoms with van der Waals surface area (Å²) in [6.07, 6.45) is 1.55. The first-order valence-electron chi connectivity index (χ1n) is 8.56. The number of nitrogens with zero attached hydrogens (tertiary/aromatic N) is 2. The van der Waals surface area contributed by atoms with Crippen molar-refractivity contribution in [3.63, 3.8) is 0 Å². The molecule has 0 aliphatic carbocycles. The molecular weight excluding hydrogens is 306 g/mol. The Bertz CT molecular complexity index is 299. The number of aliphatic hydroxyl groups is 1. The van der Waals surface area contributed by atoms with Crippen LogP contribution in [-0.4, -0.2) is 92.6 Å². The second kappa shape index (κ2) is 11.3. The third-order valence-corrected chi connectivity index (χ3v) is 3.84. The van der Waals surface area contributed by atoms with Crippen LogP contribution in [0, 0.1) is 0 Å². The van der Waals surface area contributed by atoms with Crippen LogP contribution in [0.2, 0.25) is 0 Å². The van der Waals surface area contributed by atoms with Gasteiger partial charge in [0, 0.05) is 39.3 Å². The second-order valence-corrected chi connectivity index (χ2v) is 6.38. The molecule has 1 fully saturated rings. The minimum Gasteiger partial charge on any atom is -0.395 e. The predicted octanol–water partition coefficient (Wildman–Crippen LogP) is 1.45. The molecule has 1 heterocycles. The molecule has 1 N–H and O–H groups in total. The van der Waals surface area contributed by atoms with Crippen LogP contribution in [0.3, 0.4) is 0 Å². The highest BCUT2D eigenvalue weighted by Crippen LogP contribution is 2.15. The molecule has 0 atom stereocenters. The second-order valence-electron chi connectivity index (χ2n) is 6.38. The fourth-order valence-corrected chi connectivity index (χ4v) is 2.47. The lowest BCUT2D eigenvalue weighted by Gasteiger charge is -2.34. The molecule has 0 unspecified atom stereocenters. The van der Waals surface area contributed by atoms with Gasteiger partial charge >= 0.3 is 0 Å². The number of halogens is 2. The van der Waals surface area contributed by atoms with Crippen molar-refractivity contribution in [2.75, 3.05) is 65.7 Å². The van der Waals surface area contributed by atoms with Gasteiger partial charge in [-0.25, -0.2) is 8.78 Å². The van der Waals surface area contributed by atoms with E-state index < -0.39 is 19.1 Å². The molecule has 0 spiro atoms. The van der Waals surface area contributed by atoms with Crippen molar-refractivity contribution in [3.05, 3.63) is 0 Å². The largest absolute Gasteiger partial charge is 0.395 e. The monoisotopic (exact) mass is 338 g/mol. The van der Waals surface area contributed by atoms with Crippen molar-refractivity contribution in [2.24, 2.45) is 0 Å². The fourth-order valence-electron chi connectivity index (χ4n) is 2.47. The van der Waals surface area contributed by atoms with Crippen molar-refractivity contribution in [2.45, 2.75) is 38.7 Å². The molecule has 1 saturated heterocycles. The Labute approximate surface area is 138 Å². The minimum absolute atomic E-state index is 0.196. The molecule has 1 aliphatic heterocycles. The van der Waals surface area contributed by atoms with E-state index in [-0.39, 0.29) is 12.7 Å². The summed E-state index contributed by atoms with van der Waals surface area (Å²) in [5.74, 6) is -2.91. The molecule has 5 nitrogen and oxygen atoms in total. The van der Waals surface area contributed by atoms with Crippen molar-refractivity contribution in [1.82, 2.24) is 9.80 Å². The number of ether oxygens (including phenoxy) is 2. The van der Waals surface area contributed by atoms with Crippen molar-refractivity contribution >= 4 is 0 Å². The van der Waals surface area contributed by atoms with Gasteiger partial charge in [-0.15, -0.1) is 0 Å². The number of hydrogen-bond acceptors (Lipinski definition) is 5. The van der Waals surface area contributed by atoms with Gasteiger partial charge in [0.1, 0.15) is 13.2 Å². The van der Waals surface area contributed by atoms with Gasteiger partial charge in [0.25, 0.3) is 5.92 Å². The van der Waals surface area contributed by atoms with Gasteiger partial charge < -0.3 is 19.5 Å². The Morgan fingerprint density at radius 3 is 2.17 bits per heavy atom.